The van der Waals surface area contributed by atoms with Gasteiger partial charge < -0.3 is 9.47 Å². The zero-order valence-corrected chi connectivity index (χ0v) is 14.5. The van der Waals surface area contributed by atoms with Crippen LogP contribution in [0.5, 0.6) is 11.5 Å². The van der Waals surface area contributed by atoms with Crippen LogP contribution in [-0.2, 0) is 6.42 Å². The Kier molecular flexibility index (Phi) is 5.29. The van der Waals surface area contributed by atoms with E-state index in [9.17, 15) is 0 Å². The summed E-state index contributed by atoms with van der Waals surface area (Å²) in [7, 11) is 3.38. The Hall–Kier alpha value is -1.48. The van der Waals surface area contributed by atoms with Crippen LogP contribution >= 0.6 is 15.9 Å². The number of methoxy groups -OCH3 is 2. The summed E-state index contributed by atoms with van der Waals surface area (Å²) in [5, 5.41) is 0. The molecule has 0 aliphatic rings. The van der Waals surface area contributed by atoms with E-state index in [-0.39, 0.29) is 4.83 Å². The number of aryl methyl sites for hydroxylation is 2. The van der Waals surface area contributed by atoms with Gasteiger partial charge in [-0.15, -0.1) is 0 Å². The monoisotopic (exact) mass is 348 g/mol. The van der Waals surface area contributed by atoms with Crippen molar-refractivity contribution in [1.82, 2.24) is 0 Å². The van der Waals surface area contributed by atoms with E-state index in [1.54, 1.807) is 14.2 Å². The summed E-state index contributed by atoms with van der Waals surface area (Å²) in [6.45, 7) is 4.28. The van der Waals surface area contributed by atoms with Crippen LogP contribution in [0.1, 0.15) is 27.1 Å². The van der Waals surface area contributed by atoms with Crippen LogP contribution in [0, 0.1) is 13.8 Å². The van der Waals surface area contributed by atoms with Gasteiger partial charge in [0, 0.05) is 0 Å². The van der Waals surface area contributed by atoms with Crippen LogP contribution < -0.4 is 9.47 Å². The molecule has 0 aromatic heterocycles. The molecule has 0 saturated heterocycles. The van der Waals surface area contributed by atoms with Crippen molar-refractivity contribution in [3.8, 4) is 11.5 Å². The largest absolute Gasteiger partial charge is 0.496 e. The molecule has 0 N–H and O–H groups in total. The molecule has 0 bridgehead atoms. The van der Waals surface area contributed by atoms with Crippen LogP contribution in [0.15, 0.2) is 36.4 Å². The average Bonchev–Trinajstić information content (AvgIpc) is 2.49. The van der Waals surface area contributed by atoms with Gasteiger partial charge in [0.25, 0.3) is 0 Å². The highest BCUT2D eigenvalue weighted by Gasteiger charge is 2.19. The molecule has 0 aliphatic heterocycles. The molecule has 3 heteroatoms. The molecule has 0 fully saturated rings. The summed E-state index contributed by atoms with van der Waals surface area (Å²) in [5.41, 5.74) is 4.99. The average molecular weight is 349 g/mol. The van der Waals surface area contributed by atoms with Crippen molar-refractivity contribution in [2.75, 3.05) is 14.2 Å². The highest BCUT2D eigenvalue weighted by Crippen LogP contribution is 2.40. The Morgan fingerprint density at radius 1 is 0.952 bits per heavy atom. The normalized spacial score (nSPS) is 12.0. The molecule has 2 aromatic carbocycles. The smallest absolute Gasteiger partial charge is 0.126 e. The second-order valence-electron chi connectivity index (χ2n) is 5.17. The minimum absolute atomic E-state index is 0.144. The standard InChI is InChI=1S/C18H21BrO2/c1-12-8-9-14(10-13(12)2)11-15(19)18-16(20-3)6-5-7-17(18)21-4/h5-10,15H,11H2,1-4H3. The van der Waals surface area contributed by atoms with Gasteiger partial charge >= 0.3 is 0 Å². The topological polar surface area (TPSA) is 18.5 Å². The predicted molar refractivity (Wildman–Crippen MR) is 90.8 cm³/mol. The van der Waals surface area contributed by atoms with Gasteiger partial charge in [-0.2, -0.15) is 0 Å². The minimum Gasteiger partial charge on any atom is -0.496 e. The van der Waals surface area contributed by atoms with Gasteiger partial charge in [0.1, 0.15) is 11.5 Å². The Morgan fingerprint density at radius 2 is 1.57 bits per heavy atom. The molecule has 2 aromatic rings. The number of halogens is 1. The van der Waals surface area contributed by atoms with E-state index in [0.29, 0.717) is 0 Å². The molecule has 112 valence electrons. The van der Waals surface area contributed by atoms with Crippen molar-refractivity contribution in [3.63, 3.8) is 0 Å². The van der Waals surface area contributed by atoms with E-state index in [1.807, 2.05) is 18.2 Å². The first kappa shape index (κ1) is 15.9. The number of hydrogen-bond donors (Lipinski definition) is 0. The van der Waals surface area contributed by atoms with Gasteiger partial charge in [-0.05, 0) is 49.1 Å². The van der Waals surface area contributed by atoms with Crippen molar-refractivity contribution in [3.05, 3.63) is 58.7 Å². The second kappa shape index (κ2) is 6.99. The number of rotatable bonds is 5. The molecule has 0 spiro atoms. The Labute approximate surface area is 135 Å². The first-order valence-corrected chi connectivity index (χ1v) is 7.89. The summed E-state index contributed by atoms with van der Waals surface area (Å²) in [4.78, 5) is 0.144. The maximum absolute atomic E-state index is 5.48. The van der Waals surface area contributed by atoms with Crippen molar-refractivity contribution >= 4 is 15.9 Å². The highest BCUT2D eigenvalue weighted by atomic mass is 79.9. The number of benzene rings is 2. The van der Waals surface area contributed by atoms with Crippen LogP contribution in [0.3, 0.4) is 0 Å². The Bertz CT molecular complexity index is 600. The fourth-order valence-corrected chi connectivity index (χ4v) is 3.25. The first-order chi connectivity index (χ1) is 10.1. The lowest BCUT2D eigenvalue weighted by molar-refractivity contribution is 0.385. The lowest BCUT2D eigenvalue weighted by atomic mass is 9.99. The quantitative estimate of drug-likeness (QED) is 0.708. The van der Waals surface area contributed by atoms with E-state index >= 15 is 0 Å². The Balaban J connectivity index is 2.31. The summed E-state index contributed by atoms with van der Waals surface area (Å²) >= 11 is 3.79. The van der Waals surface area contributed by atoms with Crippen LogP contribution in [0.2, 0.25) is 0 Å². The van der Waals surface area contributed by atoms with Gasteiger partial charge in [-0.1, -0.05) is 40.2 Å². The molecule has 0 amide bonds. The van der Waals surface area contributed by atoms with Crippen molar-refractivity contribution in [2.24, 2.45) is 0 Å². The second-order valence-corrected chi connectivity index (χ2v) is 6.27. The van der Waals surface area contributed by atoms with Crippen molar-refractivity contribution in [1.29, 1.82) is 0 Å². The SMILES string of the molecule is COc1cccc(OC)c1C(Br)Cc1ccc(C)c(C)c1. The Morgan fingerprint density at radius 3 is 2.10 bits per heavy atom. The third-order valence-electron chi connectivity index (χ3n) is 3.77. The lowest BCUT2D eigenvalue weighted by Gasteiger charge is -2.18. The van der Waals surface area contributed by atoms with E-state index in [2.05, 4.69) is 48.0 Å². The minimum atomic E-state index is 0.144. The lowest BCUT2D eigenvalue weighted by Crippen LogP contribution is -2.02. The molecule has 1 atom stereocenters. The third-order valence-corrected chi connectivity index (χ3v) is 4.55. The molecule has 2 nitrogen and oxygen atoms in total. The summed E-state index contributed by atoms with van der Waals surface area (Å²) in [6.07, 6.45) is 0.887. The molecular weight excluding hydrogens is 328 g/mol. The molecule has 0 saturated carbocycles. The van der Waals surface area contributed by atoms with Crippen molar-refractivity contribution < 1.29 is 9.47 Å². The zero-order valence-electron chi connectivity index (χ0n) is 12.9. The molecule has 0 heterocycles. The van der Waals surface area contributed by atoms with E-state index in [0.717, 1.165) is 23.5 Å². The van der Waals surface area contributed by atoms with Gasteiger partial charge in [0.05, 0.1) is 24.6 Å². The molecule has 0 radical (unpaired) electrons. The first-order valence-electron chi connectivity index (χ1n) is 6.98. The molecule has 2 rings (SSSR count). The van der Waals surface area contributed by atoms with Crippen LogP contribution in [0.25, 0.3) is 0 Å². The van der Waals surface area contributed by atoms with Crippen LogP contribution in [0.4, 0.5) is 0 Å². The summed E-state index contributed by atoms with van der Waals surface area (Å²) in [5.74, 6) is 1.69. The number of hydrogen-bond acceptors (Lipinski definition) is 2. The van der Waals surface area contributed by atoms with Gasteiger partial charge in [0.2, 0.25) is 0 Å². The fourth-order valence-electron chi connectivity index (χ4n) is 2.43. The predicted octanol–water partition coefficient (Wildman–Crippen LogP) is 5.00. The number of ether oxygens (including phenoxy) is 2. The maximum Gasteiger partial charge on any atom is 0.126 e. The summed E-state index contributed by atoms with van der Waals surface area (Å²) < 4.78 is 11.0. The van der Waals surface area contributed by atoms with Crippen LogP contribution in [-0.4, -0.2) is 14.2 Å². The highest BCUT2D eigenvalue weighted by molar-refractivity contribution is 9.09. The van der Waals surface area contributed by atoms with E-state index in [1.165, 1.54) is 16.7 Å². The maximum atomic E-state index is 5.48. The van der Waals surface area contributed by atoms with E-state index < -0.39 is 0 Å². The van der Waals surface area contributed by atoms with Gasteiger partial charge in [-0.25, -0.2) is 0 Å². The molecule has 1 unspecified atom stereocenters. The molecule has 0 aliphatic carbocycles. The van der Waals surface area contributed by atoms with Crippen molar-refractivity contribution in [2.45, 2.75) is 25.1 Å². The fraction of sp³-hybridized carbons (Fsp3) is 0.333. The number of alkyl halides is 1. The third kappa shape index (κ3) is 3.59. The summed E-state index contributed by atoms with van der Waals surface area (Å²) in [6, 6.07) is 12.5. The van der Waals surface area contributed by atoms with Gasteiger partial charge in [-0.3, -0.25) is 0 Å². The van der Waals surface area contributed by atoms with Gasteiger partial charge in [0.15, 0.2) is 0 Å². The molecular formula is C18H21BrO2. The molecule has 21 heavy (non-hydrogen) atoms. The van der Waals surface area contributed by atoms with E-state index in [4.69, 9.17) is 9.47 Å². The zero-order chi connectivity index (χ0) is 15.4.